The fourth-order valence-electron chi connectivity index (χ4n) is 2.14. The largest absolute Gasteiger partial charge is 0.378 e. The minimum Gasteiger partial charge on any atom is -0.378 e. The van der Waals surface area contributed by atoms with Gasteiger partial charge in [0.1, 0.15) is 0 Å². The van der Waals surface area contributed by atoms with Gasteiger partial charge in [-0.25, -0.2) is 0 Å². The number of benzene rings is 1. The zero-order valence-corrected chi connectivity index (χ0v) is 10.1. The van der Waals surface area contributed by atoms with Crippen LogP contribution in [0.4, 0.5) is 0 Å². The van der Waals surface area contributed by atoms with Crippen molar-refractivity contribution in [3.8, 4) is 0 Å². The lowest BCUT2D eigenvalue weighted by Gasteiger charge is -2.28. The molecule has 16 heavy (non-hydrogen) atoms. The van der Waals surface area contributed by atoms with E-state index in [1.807, 2.05) is 0 Å². The normalized spacial score (nSPS) is 18.8. The molecule has 1 aliphatic heterocycles. The number of piperidine rings is 1. The van der Waals surface area contributed by atoms with Crippen LogP contribution >= 0.6 is 0 Å². The summed E-state index contributed by atoms with van der Waals surface area (Å²) in [5, 5.41) is 0. The van der Waals surface area contributed by atoms with Gasteiger partial charge < -0.3 is 9.64 Å². The van der Waals surface area contributed by atoms with Crippen LogP contribution in [0, 0.1) is 0 Å². The van der Waals surface area contributed by atoms with Crippen molar-refractivity contribution in [2.45, 2.75) is 25.4 Å². The molecule has 0 unspecified atom stereocenters. The van der Waals surface area contributed by atoms with Crippen LogP contribution in [0.5, 0.6) is 0 Å². The molecule has 1 fully saturated rings. The van der Waals surface area contributed by atoms with E-state index in [4.69, 9.17) is 4.74 Å². The maximum Gasteiger partial charge on any atom is 0.0599 e. The maximum absolute atomic E-state index is 5.91. The van der Waals surface area contributed by atoms with Gasteiger partial charge in [0.25, 0.3) is 0 Å². The lowest BCUT2D eigenvalue weighted by Crippen LogP contribution is -2.34. The van der Waals surface area contributed by atoms with Crippen LogP contribution in [0.1, 0.15) is 18.4 Å². The van der Waals surface area contributed by atoms with Gasteiger partial charge in [-0.15, -0.1) is 0 Å². The molecule has 1 aliphatic rings. The number of ether oxygens (including phenoxy) is 1. The third-order valence-corrected chi connectivity index (χ3v) is 3.25. The van der Waals surface area contributed by atoms with Crippen molar-refractivity contribution < 1.29 is 4.74 Å². The summed E-state index contributed by atoms with van der Waals surface area (Å²) in [6.45, 7) is 3.21. The van der Waals surface area contributed by atoms with Crippen LogP contribution in [-0.4, -0.2) is 37.7 Å². The molecule has 1 saturated heterocycles. The van der Waals surface area contributed by atoms with Crippen molar-refractivity contribution in [1.82, 2.24) is 4.90 Å². The number of nitrogens with zero attached hydrogens (tertiary/aromatic N) is 1. The highest BCUT2D eigenvalue weighted by Crippen LogP contribution is 2.12. The molecule has 1 aromatic carbocycles. The standard InChI is InChI=1S/C14H21NO/c1-15-10-7-14(8-11-15)16-12-9-13-5-3-2-4-6-13/h2-6,14H,7-12H2,1H3. The molecule has 0 aliphatic carbocycles. The summed E-state index contributed by atoms with van der Waals surface area (Å²) in [4.78, 5) is 2.37. The van der Waals surface area contributed by atoms with Gasteiger partial charge >= 0.3 is 0 Å². The number of hydrogen-bond donors (Lipinski definition) is 0. The maximum atomic E-state index is 5.91. The summed E-state index contributed by atoms with van der Waals surface area (Å²) in [6, 6.07) is 10.6. The van der Waals surface area contributed by atoms with E-state index in [1.54, 1.807) is 0 Å². The first kappa shape index (κ1) is 11.6. The Morgan fingerprint density at radius 3 is 2.56 bits per heavy atom. The van der Waals surface area contributed by atoms with E-state index in [0.29, 0.717) is 6.10 Å². The number of rotatable bonds is 4. The van der Waals surface area contributed by atoms with E-state index < -0.39 is 0 Å². The first-order chi connectivity index (χ1) is 7.84. The summed E-state index contributed by atoms with van der Waals surface area (Å²) in [6.07, 6.45) is 3.89. The lowest BCUT2D eigenvalue weighted by molar-refractivity contribution is 0.0141. The van der Waals surface area contributed by atoms with Gasteiger partial charge in [0.15, 0.2) is 0 Å². The van der Waals surface area contributed by atoms with Gasteiger partial charge in [-0.05, 0) is 31.9 Å². The molecule has 0 spiro atoms. The Labute approximate surface area is 98.2 Å². The third-order valence-electron chi connectivity index (χ3n) is 3.25. The average molecular weight is 219 g/mol. The van der Waals surface area contributed by atoms with E-state index in [0.717, 1.165) is 13.0 Å². The molecule has 0 amide bonds. The average Bonchev–Trinajstić information content (AvgIpc) is 2.33. The molecule has 0 aromatic heterocycles. The van der Waals surface area contributed by atoms with Gasteiger partial charge in [0, 0.05) is 13.1 Å². The molecular formula is C14H21NO. The zero-order chi connectivity index (χ0) is 11.2. The fourth-order valence-corrected chi connectivity index (χ4v) is 2.14. The van der Waals surface area contributed by atoms with Gasteiger partial charge in [0.05, 0.1) is 12.7 Å². The SMILES string of the molecule is CN1CCC(OCCc2ccccc2)CC1. The van der Waals surface area contributed by atoms with Crippen LogP contribution in [0.2, 0.25) is 0 Å². The number of hydrogen-bond acceptors (Lipinski definition) is 2. The molecule has 2 nitrogen and oxygen atoms in total. The predicted octanol–water partition coefficient (Wildman–Crippen LogP) is 2.34. The van der Waals surface area contributed by atoms with Crippen molar-refractivity contribution in [1.29, 1.82) is 0 Å². The topological polar surface area (TPSA) is 12.5 Å². The van der Waals surface area contributed by atoms with Crippen LogP contribution in [-0.2, 0) is 11.2 Å². The lowest BCUT2D eigenvalue weighted by atomic mass is 10.1. The molecule has 0 radical (unpaired) electrons. The molecule has 1 aromatic rings. The first-order valence-electron chi connectivity index (χ1n) is 6.18. The van der Waals surface area contributed by atoms with Crippen LogP contribution in [0.15, 0.2) is 30.3 Å². The molecular weight excluding hydrogens is 198 g/mol. The van der Waals surface area contributed by atoms with Gasteiger partial charge in [-0.1, -0.05) is 30.3 Å². The molecule has 0 N–H and O–H groups in total. The van der Waals surface area contributed by atoms with Crippen molar-refractivity contribution in [2.75, 3.05) is 26.7 Å². The van der Waals surface area contributed by atoms with Crippen molar-refractivity contribution in [3.05, 3.63) is 35.9 Å². The quantitative estimate of drug-likeness (QED) is 0.770. The molecule has 0 atom stereocenters. The second kappa shape index (κ2) is 6.02. The summed E-state index contributed by atoms with van der Waals surface area (Å²) in [7, 11) is 2.18. The van der Waals surface area contributed by atoms with Gasteiger partial charge in [-0.2, -0.15) is 0 Å². The molecule has 2 rings (SSSR count). The second-order valence-corrected chi connectivity index (χ2v) is 4.61. The van der Waals surface area contributed by atoms with Gasteiger partial charge in [0.2, 0.25) is 0 Å². The van der Waals surface area contributed by atoms with Crippen molar-refractivity contribution in [3.63, 3.8) is 0 Å². The summed E-state index contributed by atoms with van der Waals surface area (Å²) >= 11 is 0. The van der Waals surface area contributed by atoms with E-state index in [2.05, 4.69) is 42.3 Å². The highest BCUT2D eigenvalue weighted by atomic mass is 16.5. The molecule has 0 bridgehead atoms. The third kappa shape index (κ3) is 3.62. The Kier molecular flexibility index (Phi) is 4.37. The monoisotopic (exact) mass is 219 g/mol. The Morgan fingerprint density at radius 2 is 1.88 bits per heavy atom. The first-order valence-corrected chi connectivity index (χ1v) is 6.18. The molecule has 88 valence electrons. The van der Waals surface area contributed by atoms with Crippen molar-refractivity contribution in [2.24, 2.45) is 0 Å². The van der Waals surface area contributed by atoms with Crippen molar-refractivity contribution >= 4 is 0 Å². The fraction of sp³-hybridized carbons (Fsp3) is 0.571. The van der Waals surface area contributed by atoms with Crippen LogP contribution in [0.3, 0.4) is 0 Å². The van der Waals surface area contributed by atoms with Gasteiger partial charge in [-0.3, -0.25) is 0 Å². The number of likely N-dealkylation sites (tertiary alicyclic amines) is 1. The Bertz CT molecular complexity index is 291. The zero-order valence-electron chi connectivity index (χ0n) is 10.1. The summed E-state index contributed by atoms with van der Waals surface area (Å²) in [5.41, 5.74) is 1.37. The molecule has 0 saturated carbocycles. The Balaban J connectivity index is 1.65. The van der Waals surface area contributed by atoms with Crippen LogP contribution in [0.25, 0.3) is 0 Å². The smallest absolute Gasteiger partial charge is 0.0599 e. The second-order valence-electron chi connectivity index (χ2n) is 4.61. The summed E-state index contributed by atoms with van der Waals surface area (Å²) in [5.74, 6) is 0. The minimum atomic E-state index is 0.486. The Hall–Kier alpha value is -0.860. The van der Waals surface area contributed by atoms with E-state index in [9.17, 15) is 0 Å². The summed E-state index contributed by atoms with van der Waals surface area (Å²) < 4.78 is 5.91. The Morgan fingerprint density at radius 1 is 1.19 bits per heavy atom. The minimum absolute atomic E-state index is 0.486. The van der Waals surface area contributed by atoms with E-state index in [1.165, 1.54) is 31.5 Å². The van der Waals surface area contributed by atoms with E-state index in [-0.39, 0.29) is 0 Å². The molecule has 1 heterocycles. The highest BCUT2D eigenvalue weighted by Gasteiger charge is 2.16. The highest BCUT2D eigenvalue weighted by molar-refractivity contribution is 5.14. The van der Waals surface area contributed by atoms with E-state index >= 15 is 0 Å². The van der Waals surface area contributed by atoms with Crippen LogP contribution < -0.4 is 0 Å². The molecule has 2 heteroatoms. The predicted molar refractivity (Wildman–Crippen MR) is 66.6 cm³/mol.